The Kier molecular flexibility index (Phi) is 4.99. The van der Waals surface area contributed by atoms with E-state index in [1.54, 1.807) is 25.2 Å². The van der Waals surface area contributed by atoms with Crippen molar-refractivity contribution in [1.29, 1.82) is 0 Å². The molecule has 0 unspecified atom stereocenters. The normalized spacial score (nSPS) is 14.2. The third-order valence-electron chi connectivity index (χ3n) is 3.87. The summed E-state index contributed by atoms with van der Waals surface area (Å²) in [5.74, 6) is -0.811. The van der Waals surface area contributed by atoms with E-state index in [-0.39, 0.29) is 11.3 Å². The van der Waals surface area contributed by atoms with Gasteiger partial charge < -0.3 is 15.2 Å². The molecule has 6 nitrogen and oxygen atoms in total. The molecule has 0 heterocycles. The molecule has 0 atom stereocenters. The SMILES string of the molecule is COC(=O)C1=C(O)c2ccccc2/C1=N\N(C)C(=S)Nc1ccccc1. The van der Waals surface area contributed by atoms with Gasteiger partial charge in [-0.2, -0.15) is 5.10 Å². The molecule has 2 N–H and O–H groups in total. The average Bonchev–Trinajstić information content (AvgIpc) is 2.94. The molecule has 3 rings (SSSR count). The minimum absolute atomic E-state index is 0.0167. The van der Waals surface area contributed by atoms with Crippen LogP contribution >= 0.6 is 12.2 Å². The van der Waals surface area contributed by atoms with Crippen LogP contribution in [-0.2, 0) is 9.53 Å². The maximum Gasteiger partial charge on any atom is 0.343 e. The van der Waals surface area contributed by atoms with Gasteiger partial charge in [0.25, 0.3) is 0 Å². The van der Waals surface area contributed by atoms with Crippen LogP contribution < -0.4 is 5.32 Å². The Morgan fingerprint density at radius 3 is 2.38 bits per heavy atom. The van der Waals surface area contributed by atoms with Crippen molar-refractivity contribution >= 4 is 40.5 Å². The van der Waals surface area contributed by atoms with Gasteiger partial charge in [0.1, 0.15) is 17.0 Å². The summed E-state index contributed by atoms with van der Waals surface area (Å²) >= 11 is 5.37. The Hall–Kier alpha value is -3.19. The number of carbonyl (C=O) groups excluding carboxylic acids is 1. The fourth-order valence-corrected chi connectivity index (χ4v) is 2.76. The Bertz CT molecular complexity index is 923. The second kappa shape index (κ2) is 7.37. The molecular weight excluding hydrogens is 350 g/mol. The van der Waals surface area contributed by atoms with Crippen molar-refractivity contribution in [1.82, 2.24) is 5.01 Å². The lowest BCUT2D eigenvalue weighted by Crippen LogP contribution is -2.28. The minimum atomic E-state index is -0.659. The summed E-state index contributed by atoms with van der Waals surface area (Å²) in [6.07, 6.45) is 0. The minimum Gasteiger partial charge on any atom is -0.506 e. The van der Waals surface area contributed by atoms with Gasteiger partial charge in [0.05, 0.1) is 7.11 Å². The fourth-order valence-electron chi connectivity index (χ4n) is 2.60. The lowest BCUT2D eigenvalue weighted by Gasteiger charge is -2.17. The highest BCUT2D eigenvalue weighted by Gasteiger charge is 2.33. The van der Waals surface area contributed by atoms with E-state index in [2.05, 4.69) is 10.4 Å². The van der Waals surface area contributed by atoms with Crippen LogP contribution in [0.5, 0.6) is 0 Å². The second-order valence-electron chi connectivity index (χ2n) is 5.53. The van der Waals surface area contributed by atoms with Gasteiger partial charge in [-0.05, 0) is 24.4 Å². The molecule has 0 saturated carbocycles. The molecule has 2 aromatic rings. The number of para-hydroxylation sites is 1. The molecule has 2 aromatic carbocycles. The number of esters is 1. The van der Waals surface area contributed by atoms with E-state index in [1.807, 2.05) is 36.4 Å². The summed E-state index contributed by atoms with van der Waals surface area (Å²) in [5.41, 5.74) is 2.32. The van der Waals surface area contributed by atoms with Crippen LogP contribution in [0.2, 0.25) is 0 Å². The van der Waals surface area contributed by atoms with Crippen molar-refractivity contribution in [3.8, 4) is 0 Å². The molecule has 1 aliphatic rings. The number of carbonyl (C=O) groups is 1. The predicted molar refractivity (Wildman–Crippen MR) is 105 cm³/mol. The highest BCUT2D eigenvalue weighted by atomic mass is 32.1. The van der Waals surface area contributed by atoms with Crippen LogP contribution in [-0.4, -0.2) is 41.1 Å². The summed E-state index contributed by atoms with van der Waals surface area (Å²) < 4.78 is 4.80. The number of ether oxygens (including phenoxy) is 1. The number of rotatable bonds is 3. The maximum absolute atomic E-state index is 12.2. The quantitative estimate of drug-likeness (QED) is 0.493. The number of fused-ring (bicyclic) bond motifs is 1. The van der Waals surface area contributed by atoms with Crippen molar-refractivity contribution in [2.75, 3.05) is 19.5 Å². The van der Waals surface area contributed by atoms with E-state index >= 15 is 0 Å². The number of aliphatic hydroxyl groups is 1. The largest absolute Gasteiger partial charge is 0.506 e. The van der Waals surface area contributed by atoms with Crippen LogP contribution in [0.3, 0.4) is 0 Å². The van der Waals surface area contributed by atoms with Gasteiger partial charge in [-0.1, -0.05) is 42.5 Å². The standard InChI is InChI=1S/C19H17N3O3S/c1-22(19(26)20-12-8-4-3-5-9-12)21-16-13-10-6-7-11-14(13)17(23)15(16)18(24)25-2/h3-11,23H,1-2H3,(H,20,26)/b21-16+. The van der Waals surface area contributed by atoms with Crippen molar-refractivity contribution in [3.63, 3.8) is 0 Å². The number of hydrazone groups is 1. The number of nitrogens with zero attached hydrogens (tertiary/aromatic N) is 2. The van der Waals surface area contributed by atoms with Gasteiger partial charge in [0.15, 0.2) is 5.11 Å². The fraction of sp³-hybridized carbons (Fsp3) is 0.105. The zero-order chi connectivity index (χ0) is 18.7. The first-order valence-corrected chi connectivity index (χ1v) is 8.23. The summed E-state index contributed by atoms with van der Waals surface area (Å²) in [5, 5.41) is 19.7. The van der Waals surface area contributed by atoms with Crippen LogP contribution in [0.15, 0.2) is 65.3 Å². The maximum atomic E-state index is 12.2. The third-order valence-corrected chi connectivity index (χ3v) is 4.24. The van der Waals surface area contributed by atoms with E-state index in [0.29, 0.717) is 22.0 Å². The molecule has 7 heteroatoms. The molecule has 0 saturated heterocycles. The first-order chi connectivity index (χ1) is 12.5. The van der Waals surface area contributed by atoms with Crippen molar-refractivity contribution in [2.45, 2.75) is 0 Å². The first-order valence-electron chi connectivity index (χ1n) is 7.83. The molecule has 0 aromatic heterocycles. The topological polar surface area (TPSA) is 74.2 Å². The van der Waals surface area contributed by atoms with Crippen LogP contribution in [0.25, 0.3) is 5.76 Å². The van der Waals surface area contributed by atoms with Gasteiger partial charge in [0.2, 0.25) is 0 Å². The molecular formula is C19H17N3O3S. The van der Waals surface area contributed by atoms with Crippen molar-refractivity contribution in [2.24, 2.45) is 5.10 Å². The smallest absolute Gasteiger partial charge is 0.343 e. The van der Waals surface area contributed by atoms with Gasteiger partial charge >= 0.3 is 5.97 Å². The van der Waals surface area contributed by atoms with E-state index in [9.17, 15) is 9.90 Å². The average molecular weight is 367 g/mol. The Morgan fingerprint density at radius 1 is 1.12 bits per heavy atom. The van der Waals surface area contributed by atoms with Crippen LogP contribution in [0.1, 0.15) is 11.1 Å². The Balaban J connectivity index is 1.94. The van der Waals surface area contributed by atoms with Gasteiger partial charge in [-0.25, -0.2) is 9.80 Å². The van der Waals surface area contributed by atoms with Gasteiger partial charge in [-0.3, -0.25) is 0 Å². The highest BCUT2D eigenvalue weighted by molar-refractivity contribution is 7.80. The molecule has 1 aliphatic carbocycles. The summed E-state index contributed by atoms with van der Waals surface area (Å²) in [7, 11) is 2.92. The highest BCUT2D eigenvalue weighted by Crippen LogP contribution is 2.32. The van der Waals surface area contributed by atoms with Gasteiger partial charge in [0, 0.05) is 23.9 Å². The van der Waals surface area contributed by atoms with E-state index in [0.717, 1.165) is 5.69 Å². The van der Waals surface area contributed by atoms with Crippen molar-refractivity contribution < 1.29 is 14.6 Å². The number of aliphatic hydroxyl groups excluding tert-OH is 1. The second-order valence-corrected chi connectivity index (χ2v) is 5.92. The lowest BCUT2D eigenvalue weighted by atomic mass is 10.1. The molecule has 0 fully saturated rings. The Morgan fingerprint density at radius 2 is 1.73 bits per heavy atom. The zero-order valence-electron chi connectivity index (χ0n) is 14.3. The van der Waals surface area contributed by atoms with E-state index in [4.69, 9.17) is 17.0 Å². The van der Waals surface area contributed by atoms with E-state index in [1.165, 1.54) is 12.1 Å². The lowest BCUT2D eigenvalue weighted by molar-refractivity contribution is -0.135. The van der Waals surface area contributed by atoms with Gasteiger partial charge in [-0.15, -0.1) is 0 Å². The number of methoxy groups -OCH3 is 1. The molecule has 0 radical (unpaired) electrons. The number of anilines is 1. The molecule has 0 bridgehead atoms. The van der Waals surface area contributed by atoms with Crippen LogP contribution in [0, 0.1) is 0 Å². The summed E-state index contributed by atoms with van der Waals surface area (Å²) in [4.78, 5) is 12.2. The first kappa shape index (κ1) is 17.6. The Labute approximate surface area is 156 Å². The molecule has 0 aliphatic heterocycles. The number of hydrogen-bond donors (Lipinski definition) is 2. The monoisotopic (exact) mass is 367 g/mol. The third kappa shape index (κ3) is 3.29. The van der Waals surface area contributed by atoms with Crippen molar-refractivity contribution in [3.05, 3.63) is 71.3 Å². The molecule has 26 heavy (non-hydrogen) atoms. The van der Waals surface area contributed by atoms with E-state index < -0.39 is 5.97 Å². The number of thiocarbonyl (C=S) groups is 1. The summed E-state index contributed by atoms with van der Waals surface area (Å²) in [6, 6.07) is 16.5. The molecule has 132 valence electrons. The van der Waals surface area contributed by atoms with Crippen LogP contribution in [0.4, 0.5) is 5.69 Å². The molecule has 0 amide bonds. The number of benzene rings is 2. The molecule has 0 spiro atoms. The number of hydrogen-bond acceptors (Lipinski definition) is 5. The number of nitrogens with one attached hydrogen (secondary N) is 1. The predicted octanol–water partition coefficient (Wildman–Crippen LogP) is 3.18. The zero-order valence-corrected chi connectivity index (χ0v) is 15.1. The summed E-state index contributed by atoms with van der Waals surface area (Å²) in [6.45, 7) is 0.